The molecule has 4 heteroatoms. The van der Waals surface area contributed by atoms with E-state index in [-0.39, 0.29) is 0 Å². The zero-order valence-electron chi connectivity index (χ0n) is 6.04. The third-order valence-electron chi connectivity index (χ3n) is 1.16. The van der Waals surface area contributed by atoms with Crippen molar-refractivity contribution < 1.29 is 9.21 Å². The normalized spacial score (nSPS) is 9.92. The van der Waals surface area contributed by atoms with Crippen LogP contribution in [0.1, 0.15) is 0 Å². The molecule has 64 valence electrons. The minimum atomic E-state index is -0.852. The summed E-state index contributed by atoms with van der Waals surface area (Å²) in [5.41, 5.74) is 1.94. The van der Waals surface area contributed by atoms with E-state index < -0.39 is 4.84 Å². The molecule has 2 aromatic heterocycles. The lowest BCUT2D eigenvalue weighted by atomic mass is 10.4. The summed E-state index contributed by atoms with van der Waals surface area (Å²) in [6.07, 6.45) is 0.448. The predicted octanol–water partition coefficient (Wildman–Crippen LogP) is 2.86. The summed E-state index contributed by atoms with van der Waals surface area (Å²) < 4.78 is 5.08. The average Bonchev–Trinajstić information content (AvgIpc) is 2.67. The minimum absolute atomic E-state index is 0.448. The van der Waals surface area contributed by atoms with E-state index in [9.17, 15) is 4.79 Å². The number of carbonyl (C=O) groups excluding carboxylic acids is 1. The van der Waals surface area contributed by atoms with E-state index in [1.54, 1.807) is 0 Å². The molecule has 2 heterocycles. The summed E-state index contributed by atoms with van der Waals surface area (Å²) in [4.78, 5) is 8.39. The first-order chi connectivity index (χ1) is 5.72. The summed E-state index contributed by atoms with van der Waals surface area (Å²) in [5.74, 6) is 0. The van der Waals surface area contributed by atoms with Crippen molar-refractivity contribution in [2.45, 2.75) is 4.84 Å². The molecule has 0 unspecified atom stereocenters. The molecule has 0 saturated heterocycles. The van der Waals surface area contributed by atoms with Gasteiger partial charge in [0.2, 0.25) is 0 Å². The van der Waals surface area contributed by atoms with Crippen LogP contribution in [0.15, 0.2) is 28.7 Å². The summed E-state index contributed by atoms with van der Waals surface area (Å²) in [7, 11) is 0. The highest BCUT2D eigenvalue weighted by molar-refractivity contribution is 6.51. The Morgan fingerprint density at radius 1 is 1.17 bits per heavy atom. The fraction of sp³-hybridized carbons (Fsp3) is 0.125. The van der Waals surface area contributed by atoms with E-state index in [1.165, 1.54) is 0 Å². The van der Waals surface area contributed by atoms with Gasteiger partial charge in [0.1, 0.15) is 11.2 Å². The summed E-state index contributed by atoms with van der Waals surface area (Å²) in [5, 5.41) is 0. The lowest BCUT2D eigenvalue weighted by Crippen LogP contribution is -1.81. The van der Waals surface area contributed by atoms with Crippen LogP contribution in [-0.4, -0.2) is 11.1 Å². The maximum atomic E-state index is 9.24. The Labute approximate surface area is 79.4 Å². The van der Waals surface area contributed by atoms with Crippen molar-refractivity contribution >= 4 is 40.7 Å². The Hall–Kier alpha value is -0.730. The maximum Gasteiger partial charge on any atom is 0.162 e. The number of carbonyl (C=O) groups is 1. The monoisotopic (exact) mass is 204 g/mol. The largest absolute Gasteiger partial charge is 0.457 e. The third-order valence-corrected chi connectivity index (χ3v) is 1.37. The number of hydrogen-bond donors (Lipinski definition) is 0. The van der Waals surface area contributed by atoms with Crippen molar-refractivity contribution in [3.05, 3.63) is 24.3 Å². The van der Waals surface area contributed by atoms with Crippen molar-refractivity contribution in [3.63, 3.8) is 0 Å². The van der Waals surface area contributed by atoms with Gasteiger partial charge in [-0.15, -0.1) is 0 Å². The second-order valence-electron chi connectivity index (χ2n) is 2.04. The second kappa shape index (κ2) is 4.33. The van der Waals surface area contributed by atoms with Gasteiger partial charge in [0.25, 0.3) is 0 Å². The van der Waals surface area contributed by atoms with Gasteiger partial charge in [-0.2, -0.15) is 0 Å². The number of fused-ring (bicyclic) bond motifs is 2. The zero-order chi connectivity index (χ0) is 8.97. The molecule has 0 N–H and O–H groups in total. The smallest absolute Gasteiger partial charge is 0.162 e. The molecule has 2 rings (SSSR count). The number of furan rings is 2. The minimum Gasteiger partial charge on any atom is -0.457 e. The number of benzene rings is 1. The molecule has 0 spiro atoms. The first kappa shape index (κ1) is 9.36. The molecule has 0 amide bonds. The Morgan fingerprint density at radius 3 is 1.58 bits per heavy atom. The SMILES string of the molecule is O=CC(Cl)Cl.c1cc2ccc1o2. The lowest BCUT2D eigenvalue weighted by molar-refractivity contribution is -0.106. The van der Waals surface area contributed by atoms with Gasteiger partial charge in [-0.1, -0.05) is 23.2 Å². The van der Waals surface area contributed by atoms with Crippen LogP contribution in [-0.2, 0) is 4.79 Å². The van der Waals surface area contributed by atoms with Gasteiger partial charge in [0.05, 0.1) is 0 Å². The van der Waals surface area contributed by atoms with Crippen molar-refractivity contribution in [3.8, 4) is 0 Å². The average molecular weight is 205 g/mol. The highest BCUT2D eigenvalue weighted by Crippen LogP contribution is 2.13. The summed E-state index contributed by atoms with van der Waals surface area (Å²) >= 11 is 9.72. The van der Waals surface area contributed by atoms with Crippen molar-refractivity contribution in [2.75, 3.05) is 0 Å². The van der Waals surface area contributed by atoms with Crippen LogP contribution >= 0.6 is 23.2 Å². The highest BCUT2D eigenvalue weighted by Gasteiger charge is 1.91. The fourth-order valence-electron chi connectivity index (χ4n) is 0.712. The first-order valence-electron chi connectivity index (χ1n) is 3.24. The van der Waals surface area contributed by atoms with Crippen LogP contribution in [0.25, 0.3) is 11.2 Å². The lowest BCUT2D eigenvalue weighted by Gasteiger charge is -1.72. The summed E-state index contributed by atoms with van der Waals surface area (Å²) in [6.45, 7) is 0. The fourth-order valence-corrected chi connectivity index (χ4v) is 0.712. The molecule has 0 radical (unpaired) electrons. The Kier molecular flexibility index (Phi) is 3.38. The van der Waals surface area contributed by atoms with E-state index >= 15 is 0 Å². The van der Waals surface area contributed by atoms with E-state index in [4.69, 9.17) is 27.6 Å². The van der Waals surface area contributed by atoms with Crippen LogP contribution in [0, 0.1) is 0 Å². The van der Waals surface area contributed by atoms with E-state index in [1.807, 2.05) is 24.3 Å². The quantitative estimate of drug-likeness (QED) is 0.529. The molecular formula is C8H6Cl2O2. The molecule has 2 bridgehead atoms. The second-order valence-corrected chi connectivity index (χ2v) is 3.21. The number of hydrogen-bond acceptors (Lipinski definition) is 2. The van der Waals surface area contributed by atoms with Crippen LogP contribution in [0.5, 0.6) is 0 Å². The van der Waals surface area contributed by atoms with E-state index in [2.05, 4.69) is 0 Å². The van der Waals surface area contributed by atoms with Crippen molar-refractivity contribution in [1.82, 2.24) is 0 Å². The van der Waals surface area contributed by atoms with Gasteiger partial charge in [-0.05, 0) is 24.3 Å². The first-order valence-corrected chi connectivity index (χ1v) is 4.11. The molecule has 0 saturated carbocycles. The molecule has 0 atom stereocenters. The predicted molar refractivity (Wildman–Crippen MR) is 49.0 cm³/mol. The van der Waals surface area contributed by atoms with Crippen LogP contribution in [0.2, 0.25) is 0 Å². The van der Waals surface area contributed by atoms with E-state index in [0.29, 0.717) is 6.29 Å². The number of rotatable bonds is 1. The van der Waals surface area contributed by atoms with Gasteiger partial charge < -0.3 is 9.21 Å². The van der Waals surface area contributed by atoms with Crippen molar-refractivity contribution in [2.24, 2.45) is 0 Å². The van der Waals surface area contributed by atoms with Gasteiger partial charge >= 0.3 is 0 Å². The molecule has 2 aromatic rings. The molecule has 0 aliphatic heterocycles. The number of halogens is 2. The molecule has 12 heavy (non-hydrogen) atoms. The molecule has 0 fully saturated rings. The Morgan fingerprint density at radius 2 is 1.50 bits per heavy atom. The molecular weight excluding hydrogens is 199 g/mol. The van der Waals surface area contributed by atoms with Crippen LogP contribution in [0.4, 0.5) is 0 Å². The zero-order valence-corrected chi connectivity index (χ0v) is 7.55. The molecule has 0 aromatic carbocycles. The Bertz CT molecular complexity index is 284. The van der Waals surface area contributed by atoms with Gasteiger partial charge in [0.15, 0.2) is 11.1 Å². The molecule has 0 aliphatic rings. The van der Waals surface area contributed by atoms with Crippen LogP contribution in [0.3, 0.4) is 0 Å². The standard InChI is InChI=1S/C6H4O.C2H2Cl2O/c1-2-6-4-3-5(1)7-6;3-2(4)1-5/h1-4H;1-2H. The third kappa shape index (κ3) is 2.72. The Balaban J connectivity index is 0.000000130. The topological polar surface area (TPSA) is 30.2 Å². The van der Waals surface area contributed by atoms with Crippen LogP contribution < -0.4 is 0 Å². The highest BCUT2D eigenvalue weighted by atomic mass is 35.5. The van der Waals surface area contributed by atoms with Gasteiger partial charge in [-0.3, -0.25) is 0 Å². The van der Waals surface area contributed by atoms with Crippen molar-refractivity contribution in [1.29, 1.82) is 0 Å². The molecule has 0 aliphatic carbocycles. The van der Waals surface area contributed by atoms with Gasteiger partial charge in [0, 0.05) is 0 Å². The number of alkyl halides is 2. The van der Waals surface area contributed by atoms with E-state index in [0.717, 1.165) is 11.2 Å². The molecule has 2 nitrogen and oxygen atoms in total. The summed E-state index contributed by atoms with van der Waals surface area (Å²) in [6, 6.07) is 7.81. The maximum absolute atomic E-state index is 9.24. The number of aldehydes is 1. The van der Waals surface area contributed by atoms with Gasteiger partial charge in [-0.25, -0.2) is 0 Å².